The summed E-state index contributed by atoms with van der Waals surface area (Å²) in [6.07, 6.45) is 1.68. The summed E-state index contributed by atoms with van der Waals surface area (Å²) in [4.78, 5) is 30.5. The number of ether oxygens (including phenoxy) is 2. The van der Waals surface area contributed by atoms with Crippen molar-refractivity contribution in [2.24, 2.45) is 0 Å². The molecule has 0 atom stereocenters. The molecule has 1 N–H and O–H groups in total. The minimum Gasteiger partial charge on any atom is -0.486 e. The van der Waals surface area contributed by atoms with Crippen molar-refractivity contribution in [1.82, 2.24) is 4.98 Å². The predicted octanol–water partition coefficient (Wildman–Crippen LogP) is 3.00. The zero-order valence-electron chi connectivity index (χ0n) is 15.3. The number of rotatable bonds is 4. The number of nitrogens with zero attached hydrogens (tertiary/aromatic N) is 2. The Labute approximate surface area is 161 Å². The standard InChI is InChI=1S/C21H19N3O4/c1-14(25)24(16-7-8-18-19(12-16)28-11-10-27-18)13-20(26)23-17-6-2-4-15-5-3-9-22-21(15)17/h2-9,12H,10-11,13H2,1H3,(H,23,26). The lowest BCUT2D eigenvalue weighted by Gasteiger charge is -2.24. The molecule has 2 heterocycles. The van der Waals surface area contributed by atoms with E-state index in [0.717, 1.165) is 5.39 Å². The maximum atomic E-state index is 12.6. The zero-order valence-corrected chi connectivity index (χ0v) is 15.3. The number of anilines is 2. The van der Waals surface area contributed by atoms with Crippen molar-refractivity contribution >= 4 is 34.1 Å². The van der Waals surface area contributed by atoms with Gasteiger partial charge in [-0.15, -0.1) is 0 Å². The largest absolute Gasteiger partial charge is 0.486 e. The van der Waals surface area contributed by atoms with Crippen LogP contribution in [0.1, 0.15) is 6.92 Å². The minimum atomic E-state index is -0.316. The van der Waals surface area contributed by atoms with Crippen LogP contribution in [0.3, 0.4) is 0 Å². The average Bonchev–Trinajstić information content (AvgIpc) is 2.72. The van der Waals surface area contributed by atoms with Gasteiger partial charge in [-0.3, -0.25) is 14.6 Å². The number of benzene rings is 2. The molecule has 28 heavy (non-hydrogen) atoms. The molecule has 3 aromatic rings. The number of nitrogens with one attached hydrogen (secondary N) is 1. The number of pyridine rings is 1. The first-order valence-electron chi connectivity index (χ1n) is 8.93. The second-order valence-corrected chi connectivity index (χ2v) is 6.36. The molecule has 7 nitrogen and oxygen atoms in total. The van der Waals surface area contributed by atoms with Crippen molar-refractivity contribution in [2.75, 3.05) is 30.0 Å². The van der Waals surface area contributed by atoms with E-state index in [9.17, 15) is 9.59 Å². The van der Waals surface area contributed by atoms with Gasteiger partial charge in [0.05, 0.1) is 11.2 Å². The van der Waals surface area contributed by atoms with Crippen molar-refractivity contribution in [3.8, 4) is 11.5 Å². The van der Waals surface area contributed by atoms with Gasteiger partial charge in [0.15, 0.2) is 11.5 Å². The van der Waals surface area contributed by atoms with Crippen LogP contribution in [0.4, 0.5) is 11.4 Å². The Morgan fingerprint density at radius 3 is 2.68 bits per heavy atom. The zero-order chi connectivity index (χ0) is 19.5. The number of carbonyl (C=O) groups excluding carboxylic acids is 2. The predicted molar refractivity (Wildman–Crippen MR) is 106 cm³/mol. The minimum absolute atomic E-state index is 0.127. The quantitative estimate of drug-likeness (QED) is 0.756. The topological polar surface area (TPSA) is 80.8 Å². The van der Waals surface area contributed by atoms with Gasteiger partial charge in [-0.2, -0.15) is 0 Å². The van der Waals surface area contributed by atoms with Gasteiger partial charge in [0, 0.05) is 30.3 Å². The maximum absolute atomic E-state index is 12.6. The number of hydrogen-bond donors (Lipinski definition) is 1. The molecule has 0 fully saturated rings. The molecular formula is C21H19N3O4. The molecule has 0 aliphatic carbocycles. The summed E-state index contributed by atoms with van der Waals surface area (Å²) < 4.78 is 11.1. The molecule has 0 saturated heterocycles. The lowest BCUT2D eigenvalue weighted by molar-refractivity contribution is -0.120. The monoisotopic (exact) mass is 377 g/mol. The number of para-hydroxylation sites is 1. The van der Waals surface area contributed by atoms with Crippen LogP contribution in [-0.2, 0) is 9.59 Å². The van der Waals surface area contributed by atoms with Gasteiger partial charge in [0.25, 0.3) is 0 Å². The number of hydrogen-bond acceptors (Lipinski definition) is 5. The van der Waals surface area contributed by atoms with Gasteiger partial charge in [0.2, 0.25) is 11.8 Å². The summed E-state index contributed by atoms with van der Waals surface area (Å²) in [6, 6.07) is 14.5. The Hall–Kier alpha value is -3.61. The van der Waals surface area contributed by atoms with Gasteiger partial charge < -0.3 is 19.7 Å². The lowest BCUT2D eigenvalue weighted by atomic mass is 10.2. The number of fused-ring (bicyclic) bond motifs is 2. The third-order valence-electron chi connectivity index (χ3n) is 4.43. The summed E-state index contributed by atoms with van der Waals surface area (Å²) in [5.41, 5.74) is 1.88. The summed E-state index contributed by atoms with van der Waals surface area (Å²) in [5.74, 6) is 0.629. The van der Waals surface area contributed by atoms with E-state index in [1.165, 1.54) is 11.8 Å². The smallest absolute Gasteiger partial charge is 0.244 e. The second-order valence-electron chi connectivity index (χ2n) is 6.36. The van der Waals surface area contributed by atoms with E-state index in [-0.39, 0.29) is 18.4 Å². The van der Waals surface area contributed by atoms with E-state index in [1.54, 1.807) is 30.5 Å². The van der Waals surface area contributed by atoms with Crippen LogP contribution in [0.15, 0.2) is 54.7 Å². The number of amides is 2. The van der Waals surface area contributed by atoms with E-state index in [1.807, 2.05) is 24.3 Å². The highest BCUT2D eigenvalue weighted by Gasteiger charge is 2.20. The first kappa shape index (κ1) is 17.8. The summed E-state index contributed by atoms with van der Waals surface area (Å²) in [5, 5.41) is 3.78. The third kappa shape index (κ3) is 3.59. The van der Waals surface area contributed by atoms with Crippen molar-refractivity contribution in [3.63, 3.8) is 0 Å². The fourth-order valence-corrected chi connectivity index (χ4v) is 3.12. The Morgan fingerprint density at radius 2 is 1.86 bits per heavy atom. The maximum Gasteiger partial charge on any atom is 0.244 e. The normalized spacial score (nSPS) is 12.5. The molecule has 1 aromatic heterocycles. The van der Waals surface area contributed by atoms with Crippen LogP contribution < -0.4 is 19.7 Å². The number of aromatic nitrogens is 1. The SMILES string of the molecule is CC(=O)N(CC(=O)Nc1cccc2cccnc12)c1ccc2c(c1)OCCO2. The van der Waals surface area contributed by atoms with E-state index in [4.69, 9.17) is 9.47 Å². The first-order valence-corrected chi connectivity index (χ1v) is 8.93. The average molecular weight is 377 g/mol. The van der Waals surface area contributed by atoms with Gasteiger partial charge in [-0.05, 0) is 24.3 Å². The Balaban J connectivity index is 1.55. The molecule has 4 rings (SSSR count). The second kappa shape index (κ2) is 7.56. The molecule has 142 valence electrons. The molecule has 0 radical (unpaired) electrons. The molecular weight excluding hydrogens is 358 g/mol. The van der Waals surface area contributed by atoms with Crippen molar-refractivity contribution in [1.29, 1.82) is 0 Å². The molecule has 2 amide bonds. The third-order valence-corrected chi connectivity index (χ3v) is 4.43. The molecule has 0 unspecified atom stereocenters. The van der Waals surface area contributed by atoms with E-state index in [0.29, 0.717) is 41.6 Å². The van der Waals surface area contributed by atoms with Crippen LogP contribution in [0, 0.1) is 0 Å². The first-order chi connectivity index (χ1) is 13.6. The van der Waals surface area contributed by atoms with Crippen molar-refractivity contribution < 1.29 is 19.1 Å². The van der Waals surface area contributed by atoms with Crippen LogP contribution in [0.2, 0.25) is 0 Å². The molecule has 7 heteroatoms. The summed E-state index contributed by atoms with van der Waals surface area (Å²) in [6.45, 7) is 2.23. The molecule has 2 aromatic carbocycles. The Kier molecular flexibility index (Phi) is 4.80. The van der Waals surface area contributed by atoms with Gasteiger partial charge >= 0.3 is 0 Å². The van der Waals surface area contributed by atoms with Crippen molar-refractivity contribution in [2.45, 2.75) is 6.92 Å². The Morgan fingerprint density at radius 1 is 1.07 bits per heavy atom. The van der Waals surface area contributed by atoms with Gasteiger partial charge in [0.1, 0.15) is 19.8 Å². The number of carbonyl (C=O) groups is 2. The van der Waals surface area contributed by atoms with Gasteiger partial charge in [-0.25, -0.2) is 0 Å². The van der Waals surface area contributed by atoms with Crippen LogP contribution in [-0.4, -0.2) is 36.6 Å². The van der Waals surface area contributed by atoms with Gasteiger partial charge in [-0.1, -0.05) is 18.2 Å². The lowest BCUT2D eigenvalue weighted by Crippen LogP contribution is -2.36. The van der Waals surface area contributed by atoms with Crippen molar-refractivity contribution in [3.05, 3.63) is 54.7 Å². The molecule has 1 aliphatic rings. The molecule has 1 aliphatic heterocycles. The molecule has 0 spiro atoms. The van der Waals surface area contributed by atoms with E-state index in [2.05, 4.69) is 10.3 Å². The fraction of sp³-hybridized carbons (Fsp3) is 0.190. The fourth-order valence-electron chi connectivity index (χ4n) is 3.12. The Bertz CT molecular complexity index is 1050. The highest BCUT2D eigenvalue weighted by atomic mass is 16.6. The molecule has 0 saturated carbocycles. The highest BCUT2D eigenvalue weighted by Crippen LogP contribution is 2.34. The summed E-state index contributed by atoms with van der Waals surface area (Å²) >= 11 is 0. The van der Waals surface area contributed by atoms with E-state index < -0.39 is 0 Å². The van der Waals surface area contributed by atoms with Crippen LogP contribution in [0.5, 0.6) is 11.5 Å². The summed E-state index contributed by atoms with van der Waals surface area (Å²) in [7, 11) is 0. The van der Waals surface area contributed by atoms with E-state index >= 15 is 0 Å². The molecule has 0 bridgehead atoms. The van der Waals surface area contributed by atoms with Crippen LogP contribution in [0.25, 0.3) is 10.9 Å². The highest BCUT2D eigenvalue weighted by molar-refractivity contribution is 6.05. The van der Waals surface area contributed by atoms with Crippen LogP contribution >= 0.6 is 0 Å².